The van der Waals surface area contributed by atoms with Crippen molar-refractivity contribution in [3.05, 3.63) is 137 Å². The second-order valence-corrected chi connectivity index (χ2v) is 15.0. The van der Waals surface area contributed by atoms with Crippen LogP contribution in [0.4, 0.5) is 49.0 Å². The molecule has 0 fully saturated rings. The second-order valence-electron chi connectivity index (χ2n) is 14.6. The molecule has 0 aliphatic heterocycles. The SMILES string of the molecule is CNC(=O)c1cnc(Cl)cc1Nc1cccc(-c2ncn(C)n2)c1OC.CNC(=O)c1cnc(Nc2cc(C)c(F)cn2)cc1Nc1cccc(-c2ncn(C)n2)c1OC.Cc1cc(N)ncc1F. The number of hydrogen-bond donors (Lipinski definition) is 6. The predicted octanol–water partition coefficient (Wildman–Crippen LogP) is 7.33. The minimum atomic E-state index is -0.398. The molecule has 6 aromatic heterocycles. The Labute approximate surface area is 399 Å². The highest BCUT2D eigenvalue weighted by molar-refractivity contribution is 6.29. The highest BCUT2D eigenvalue weighted by Crippen LogP contribution is 2.39. The summed E-state index contributed by atoms with van der Waals surface area (Å²) in [6.45, 7) is 3.29. The maximum absolute atomic E-state index is 13.6. The zero-order valence-corrected chi connectivity index (χ0v) is 39.3. The molecule has 20 nitrogen and oxygen atoms in total. The molecule has 0 aliphatic carbocycles. The summed E-state index contributed by atoms with van der Waals surface area (Å²) in [5.74, 6) is 1.98. The van der Waals surface area contributed by atoms with E-state index in [1.165, 1.54) is 25.5 Å². The number of nitrogens with one attached hydrogen (secondary N) is 5. The van der Waals surface area contributed by atoms with Gasteiger partial charge in [-0.2, -0.15) is 10.2 Å². The Morgan fingerprint density at radius 2 is 1.07 bits per heavy atom. The smallest absolute Gasteiger partial charge is 0.254 e. The summed E-state index contributed by atoms with van der Waals surface area (Å²) >= 11 is 6.00. The number of aryl methyl sites for hydroxylation is 4. The number of aromatic nitrogens is 10. The van der Waals surface area contributed by atoms with Crippen LogP contribution in [0.1, 0.15) is 31.8 Å². The minimum absolute atomic E-state index is 0.265. The molecule has 8 rings (SSSR count). The zero-order valence-electron chi connectivity index (χ0n) is 38.6. The summed E-state index contributed by atoms with van der Waals surface area (Å²) in [5, 5.41) is 23.6. The van der Waals surface area contributed by atoms with Crippen molar-refractivity contribution >= 4 is 63.6 Å². The van der Waals surface area contributed by atoms with Crippen molar-refractivity contribution in [2.45, 2.75) is 13.8 Å². The first kappa shape index (κ1) is 49.6. The molecule has 23 heteroatoms. The Morgan fingerprint density at radius 3 is 1.52 bits per heavy atom. The van der Waals surface area contributed by atoms with E-state index in [2.05, 4.69) is 66.7 Å². The first-order valence-corrected chi connectivity index (χ1v) is 21.0. The number of carbonyl (C=O) groups is 2. The van der Waals surface area contributed by atoms with Gasteiger partial charge in [0, 0.05) is 46.7 Å². The summed E-state index contributed by atoms with van der Waals surface area (Å²) in [7, 11) is 9.77. The summed E-state index contributed by atoms with van der Waals surface area (Å²) < 4.78 is 40.4. The normalized spacial score (nSPS) is 10.4. The van der Waals surface area contributed by atoms with E-state index in [-0.39, 0.29) is 22.8 Å². The number of rotatable bonds is 12. The number of halogens is 3. The van der Waals surface area contributed by atoms with E-state index in [1.54, 1.807) is 89.4 Å². The number of methoxy groups -OCH3 is 2. The molecule has 69 heavy (non-hydrogen) atoms. The van der Waals surface area contributed by atoms with Gasteiger partial charge < -0.3 is 41.8 Å². The largest absolute Gasteiger partial charge is 0.494 e. The van der Waals surface area contributed by atoms with Gasteiger partial charge in [-0.15, -0.1) is 0 Å². The highest BCUT2D eigenvalue weighted by Gasteiger charge is 2.20. The molecule has 0 saturated heterocycles. The van der Waals surface area contributed by atoms with Gasteiger partial charge in [-0.05, 0) is 67.4 Å². The molecule has 6 heterocycles. The fourth-order valence-corrected chi connectivity index (χ4v) is 6.53. The van der Waals surface area contributed by atoms with Gasteiger partial charge in [0.05, 0.1) is 71.6 Å². The van der Waals surface area contributed by atoms with E-state index in [1.807, 2.05) is 36.4 Å². The molecule has 0 aliphatic rings. The van der Waals surface area contributed by atoms with Gasteiger partial charge in [0.2, 0.25) is 0 Å². The highest BCUT2D eigenvalue weighted by atomic mass is 35.5. The van der Waals surface area contributed by atoms with E-state index in [4.69, 9.17) is 26.8 Å². The van der Waals surface area contributed by atoms with Crippen LogP contribution in [0, 0.1) is 25.5 Å². The Hall–Kier alpha value is -8.79. The molecule has 8 aromatic rings. The van der Waals surface area contributed by atoms with E-state index < -0.39 is 5.82 Å². The predicted molar refractivity (Wildman–Crippen MR) is 258 cm³/mol. The summed E-state index contributed by atoms with van der Waals surface area (Å²) in [4.78, 5) is 49.0. The van der Waals surface area contributed by atoms with E-state index in [0.717, 1.165) is 18.0 Å². The molecule has 0 unspecified atom stereocenters. The number of pyridine rings is 4. The first-order chi connectivity index (χ1) is 33.1. The molecular weight excluding hydrogens is 914 g/mol. The molecule has 0 atom stereocenters. The van der Waals surface area contributed by atoms with Gasteiger partial charge in [-0.3, -0.25) is 19.0 Å². The minimum Gasteiger partial charge on any atom is -0.494 e. The lowest BCUT2D eigenvalue weighted by Gasteiger charge is -2.17. The number of anilines is 7. The van der Waals surface area contributed by atoms with Gasteiger partial charge in [-0.1, -0.05) is 23.7 Å². The molecule has 0 saturated carbocycles. The molecule has 2 amide bonds. The zero-order chi connectivity index (χ0) is 49.8. The lowest BCUT2D eigenvalue weighted by molar-refractivity contribution is 0.0955. The van der Waals surface area contributed by atoms with Crippen LogP contribution in [0.25, 0.3) is 22.8 Å². The average molecular weight is 961 g/mol. The van der Waals surface area contributed by atoms with E-state index in [9.17, 15) is 18.4 Å². The Balaban J connectivity index is 0.000000196. The molecule has 356 valence electrons. The van der Waals surface area contributed by atoms with Crippen molar-refractivity contribution < 1.29 is 27.8 Å². The Kier molecular flexibility index (Phi) is 16.3. The lowest BCUT2D eigenvalue weighted by Crippen LogP contribution is -2.19. The maximum atomic E-state index is 13.6. The quantitative estimate of drug-likeness (QED) is 0.0656. The Bertz CT molecular complexity index is 3110. The third-order valence-corrected chi connectivity index (χ3v) is 9.95. The number of amides is 2. The standard InChI is InChI=1S/C23H23FN8O2.C17H17ClN6O2.C6H7FN2/c1-13-8-19(27-11-16(13)24)30-20-9-18(15(10-26-20)23(33)25-2)29-17-7-5-6-14(21(17)34-4)22-28-12-32(3)31-22;1-19-17(25)11-8-20-14(18)7-13(11)22-12-6-4-5-10(15(12)26-3)16-21-9-24(2)23-16;1-4-2-6(8)9-3-5(4)7/h5-12H,1-4H3,(H,25,33)(H2,26,27,29,30);4-9H,1-3H3,(H,19,25)(H,20,22);2-3H,1H3,(H2,8,9). The third-order valence-electron chi connectivity index (χ3n) is 9.75. The fraction of sp³-hybridized carbons (Fsp3) is 0.174. The van der Waals surface area contributed by atoms with Gasteiger partial charge >= 0.3 is 0 Å². The van der Waals surface area contributed by atoms with E-state index in [0.29, 0.717) is 91.2 Å². The first-order valence-electron chi connectivity index (χ1n) is 20.6. The van der Waals surface area contributed by atoms with Crippen molar-refractivity contribution in [3.8, 4) is 34.3 Å². The van der Waals surface area contributed by atoms with Gasteiger partial charge in [0.15, 0.2) is 23.1 Å². The molecule has 0 bridgehead atoms. The molecule has 7 N–H and O–H groups in total. The van der Waals surface area contributed by atoms with Crippen LogP contribution >= 0.6 is 11.6 Å². The van der Waals surface area contributed by atoms with Crippen molar-refractivity contribution in [1.29, 1.82) is 0 Å². The number of benzene rings is 2. The van der Waals surface area contributed by atoms with Gasteiger partial charge in [-0.25, -0.2) is 38.7 Å². The van der Waals surface area contributed by atoms with Crippen molar-refractivity contribution in [2.75, 3.05) is 50.0 Å². The number of para-hydroxylation sites is 2. The van der Waals surface area contributed by atoms with Crippen LogP contribution in [0.5, 0.6) is 11.5 Å². The van der Waals surface area contributed by atoms with Gasteiger partial charge in [0.1, 0.15) is 46.9 Å². The van der Waals surface area contributed by atoms with Crippen LogP contribution in [0.3, 0.4) is 0 Å². The maximum Gasteiger partial charge on any atom is 0.254 e. The van der Waals surface area contributed by atoms with Crippen LogP contribution in [-0.2, 0) is 14.1 Å². The third kappa shape index (κ3) is 12.4. The number of ether oxygens (including phenoxy) is 2. The van der Waals surface area contributed by atoms with Crippen molar-refractivity contribution in [2.24, 2.45) is 14.1 Å². The van der Waals surface area contributed by atoms with Crippen molar-refractivity contribution in [3.63, 3.8) is 0 Å². The number of hydrogen-bond acceptors (Lipinski definition) is 16. The molecular formula is C46H47ClF2N16O4. The summed E-state index contributed by atoms with van der Waals surface area (Å²) in [6.07, 6.45) is 8.32. The topological polar surface area (TPSA) is 252 Å². The van der Waals surface area contributed by atoms with Crippen molar-refractivity contribution in [1.82, 2.24) is 60.1 Å². The fourth-order valence-electron chi connectivity index (χ4n) is 6.37. The van der Waals surface area contributed by atoms with Crippen LogP contribution in [0.2, 0.25) is 5.15 Å². The average Bonchev–Trinajstić information content (AvgIpc) is 3.99. The summed E-state index contributed by atoms with van der Waals surface area (Å²) in [6, 6.07) is 17.3. The van der Waals surface area contributed by atoms with Crippen LogP contribution < -0.4 is 41.8 Å². The number of carbonyl (C=O) groups excluding carboxylic acids is 2. The number of nitrogens with zero attached hydrogens (tertiary/aromatic N) is 10. The van der Waals surface area contributed by atoms with E-state index >= 15 is 0 Å². The molecule has 0 radical (unpaired) electrons. The van der Waals surface area contributed by atoms with Crippen LogP contribution in [-0.4, -0.2) is 89.6 Å². The lowest BCUT2D eigenvalue weighted by atomic mass is 10.1. The second kappa shape index (κ2) is 22.6. The Morgan fingerprint density at radius 1 is 0.609 bits per heavy atom. The van der Waals surface area contributed by atoms with Crippen LogP contribution in [0.15, 0.2) is 98.1 Å². The molecule has 0 spiro atoms. The molecule has 2 aromatic carbocycles. The van der Waals surface area contributed by atoms with Gasteiger partial charge in [0.25, 0.3) is 11.8 Å². The number of nitrogen functional groups attached to an aromatic ring is 1. The summed E-state index contributed by atoms with van der Waals surface area (Å²) in [5.41, 5.74) is 10.5. The monoisotopic (exact) mass is 960 g/mol. The number of nitrogens with two attached hydrogens (primary N) is 1.